The number of amides is 1. The van der Waals surface area contributed by atoms with Crippen molar-refractivity contribution in [2.45, 2.75) is 18.0 Å². The van der Waals surface area contributed by atoms with Gasteiger partial charge in [-0.3, -0.25) is 4.79 Å². The SMILES string of the molecule is O=C(/C=C/c1ccc(C(F)(F)F)cc1)NCC(O)(c1ccc2c(c1)OCO2)C(F)(F)F. The van der Waals surface area contributed by atoms with Crippen LogP contribution in [-0.4, -0.2) is 30.5 Å². The highest BCUT2D eigenvalue weighted by atomic mass is 19.4. The first-order chi connectivity index (χ1) is 14.4. The van der Waals surface area contributed by atoms with Crippen LogP contribution in [0.4, 0.5) is 26.3 Å². The van der Waals surface area contributed by atoms with E-state index in [9.17, 15) is 36.2 Å². The summed E-state index contributed by atoms with van der Waals surface area (Å²) in [6.45, 7) is -1.37. The van der Waals surface area contributed by atoms with E-state index in [0.29, 0.717) is 0 Å². The quantitative estimate of drug-likeness (QED) is 0.537. The Bertz CT molecular complexity index is 985. The number of ether oxygens (including phenoxy) is 2. The number of carbonyl (C=O) groups excluding carboxylic acids is 1. The number of hydrogen-bond acceptors (Lipinski definition) is 4. The molecule has 0 saturated carbocycles. The molecule has 1 amide bonds. The Labute approximate surface area is 171 Å². The molecule has 1 atom stereocenters. The average Bonchev–Trinajstić information content (AvgIpc) is 3.17. The Morgan fingerprint density at radius 3 is 2.19 bits per heavy atom. The largest absolute Gasteiger partial charge is 0.454 e. The third kappa shape index (κ3) is 4.93. The molecule has 1 aliphatic heterocycles. The van der Waals surface area contributed by atoms with Crippen molar-refractivity contribution in [1.82, 2.24) is 5.32 Å². The molecule has 11 heteroatoms. The molecule has 0 radical (unpaired) electrons. The van der Waals surface area contributed by atoms with Crippen LogP contribution in [0.5, 0.6) is 11.5 Å². The third-order valence-electron chi connectivity index (χ3n) is 4.50. The molecule has 1 aliphatic rings. The summed E-state index contributed by atoms with van der Waals surface area (Å²) in [5.74, 6) is -0.742. The van der Waals surface area contributed by atoms with Crippen LogP contribution in [0, 0.1) is 0 Å². The number of carbonyl (C=O) groups is 1. The molecule has 0 bridgehead atoms. The number of alkyl halides is 6. The van der Waals surface area contributed by atoms with Gasteiger partial charge in [-0.15, -0.1) is 0 Å². The van der Waals surface area contributed by atoms with Gasteiger partial charge in [-0.1, -0.05) is 18.2 Å². The smallest absolute Gasteiger partial charge is 0.423 e. The van der Waals surface area contributed by atoms with Gasteiger partial charge < -0.3 is 19.9 Å². The maximum absolute atomic E-state index is 13.6. The van der Waals surface area contributed by atoms with Crippen LogP contribution < -0.4 is 14.8 Å². The van der Waals surface area contributed by atoms with E-state index in [1.165, 1.54) is 6.07 Å². The van der Waals surface area contributed by atoms with Crippen molar-refractivity contribution in [1.29, 1.82) is 0 Å². The van der Waals surface area contributed by atoms with Crippen LogP contribution in [0.3, 0.4) is 0 Å². The normalized spacial score (nSPS) is 15.7. The topological polar surface area (TPSA) is 67.8 Å². The molecule has 0 fully saturated rings. The van der Waals surface area contributed by atoms with Gasteiger partial charge in [-0.2, -0.15) is 26.3 Å². The summed E-state index contributed by atoms with van der Waals surface area (Å²) in [5.41, 5.74) is -4.62. The molecule has 2 aromatic carbocycles. The maximum atomic E-state index is 13.6. The number of fused-ring (bicyclic) bond motifs is 1. The third-order valence-corrected chi connectivity index (χ3v) is 4.50. The van der Waals surface area contributed by atoms with Crippen molar-refractivity contribution in [2.24, 2.45) is 0 Å². The summed E-state index contributed by atoms with van der Waals surface area (Å²) in [4.78, 5) is 11.9. The number of halogens is 6. The van der Waals surface area contributed by atoms with E-state index in [-0.39, 0.29) is 23.9 Å². The number of nitrogens with one attached hydrogen (secondary N) is 1. The van der Waals surface area contributed by atoms with Gasteiger partial charge in [-0.05, 0) is 41.5 Å². The maximum Gasteiger partial charge on any atom is 0.423 e. The van der Waals surface area contributed by atoms with Gasteiger partial charge in [0.15, 0.2) is 11.5 Å². The van der Waals surface area contributed by atoms with Crippen LogP contribution in [-0.2, 0) is 16.6 Å². The minimum Gasteiger partial charge on any atom is -0.454 e. The zero-order valence-electron chi connectivity index (χ0n) is 15.6. The molecule has 0 spiro atoms. The standard InChI is InChI=1S/C20H15F6NO4/c21-19(22,23)13-4-1-12(2-5-13)3-8-17(28)27-10-18(29,20(24,25)26)14-6-7-15-16(9-14)31-11-30-15/h1-9,29H,10-11H2,(H,27,28)/b8-3+. The summed E-state index contributed by atoms with van der Waals surface area (Å²) >= 11 is 0. The van der Waals surface area contributed by atoms with E-state index in [1.54, 1.807) is 0 Å². The lowest BCUT2D eigenvalue weighted by atomic mass is 9.92. The molecule has 2 aromatic rings. The average molecular weight is 447 g/mol. The number of aliphatic hydroxyl groups is 1. The fourth-order valence-electron chi connectivity index (χ4n) is 2.75. The zero-order valence-corrected chi connectivity index (χ0v) is 15.6. The van der Waals surface area contributed by atoms with Gasteiger partial charge >= 0.3 is 12.4 Å². The summed E-state index contributed by atoms with van der Waals surface area (Å²) in [5, 5.41) is 12.3. The van der Waals surface area contributed by atoms with Crippen molar-refractivity contribution in [3.63, 3.8) is 0 Å². The molecule has 2 N–H and O–H groups in total. The first-order valence-corrected chi connectivity index (χ1v) is 8.72. The predicted molar refractivity (Wildman–Crippen MR) is 96.0 cm³/mol. The van der Waals surface area contributed by atoms with E-state index < -0.39 is 41.5 Å². The van der Waals surface area contributed by atoms with E-state index >= 15 is 0 Å². The Kier molecular flexibility index (Phi) is 5.90. The van der Waals surface area contributed by atoms with E-state index in [1.807, 2.05) is 5.32 Å². The van der Waals surface area contributed by atoms with E-state index in [2.05, 4.69) is 0 Å². The highest BCUT2D eigenvalue weighted by molar-refractivity contribution is 5.91. The summed E-state index contributed by atoms with van der Waals surface area (Å²) in [6.07, 6.45) is -7.68. The molecule has 31 heavy (non-hydrogen) atoms. The minimum absolute atomic E-state index is 0.0219. The lowest BCUT2D eigenvalue weighted by Crippen LogP contribution is -2.50. The monoisotopic (exact) mass is 447 g/mol. The molecule has 1 unspecified atom stereocenters. The van der Waals surface area contributed by atoms with Crippen LogP contribution in [0.15, 0.2) is 48.5 Å². The molecule has 0 aromatic heterocycles. The van der Waals surface area contributed by atoms with Crippen molar-refractivity contribution in [3.8, 4) is 11.5 Å². The fraction of sp³-hybridized carbons (Fsp3) is 0.250. The molecule has 0 saturated heterocycles. The number of hydrogen-bond donors (Lipinski definition) is 2. The van der Waals surface area contributed by atoms with Gasteiger partial charge in [0, 0.05) is 6.08 Å². The lowest BCUT2D eigenvalue weighted by molar-refractivity contribution is -0.264. The Morgan fingerprint density at radius 2 is 1.58 bits per heavy atom. The molecule has 1 heterocycles. The van der Waals surface area contributed by atoms with Gasteiger partial charge in [0.1, 0.15) is 0 Å². The fourth-order valence-corrected chi connectivity index (χ4v) is 2.75. The van der Waals surface area contributed by atoms with Crippen LogP contribution in [0.25, 0.3) is 6.08 Å². The Balaban J connectivity index is 1.70. The molecular weight excluding hydrogens is 432 g/mol. The zero-order chi connectivity index (χ0) is 22.9. The van der Waals surface area contributed by atoms with Crippen molar-refractivity contribution in [3.05, 3.63) is 65.2 Å². The summed E-state index contributed by atoms with van der Waals surface area (Å²) in [6, 6.07) is 7.00. The molecule has 0 aliphatic carbocycles. The second-order valence-electron chi connectivity index (χ2n) is 6.60. The summed E-state index contributed by atoms with van der Waals surface area (Å²) < 4.78 is 88.5. The first-order valence-electron chi connectivity index (χ1n) is 8.72. The first kappa shape index (κ1) is 22.5. The van der Waals surface area contributed by atoms with Gasteiger partial charge in [0.05, 0.1) is 12.1 Å². The lowest BCUT2D eigenvalue weighted by Gasteiger charge is -2.31. The van der Waals surface area contributed by atoms with Crippen LogP contribution in [0.1, 0.15) is 16.7 Å². The Hall–Kier alpha value is -3.21. The molecule has 3 rings (SSSR count). The van der Waals surface area contributed by atoms with Gasteiger partial charge in [0.2, 0.25) is 18.3 Å². The Morgan fingerprint density at radius 1 is 0.968 bits per heavy atom. The molecular formula is C20H15F6NO4. The minimum atomic E-state index is -5.13. The predicted octanol–water partition coefficient (Wildman–Crippen LogP) is 4.01. The molecule has 166 valence electrons. The second kappa shape index (κ2) is 8.14. The van der Waals surface area contributed by atoms with Gasteiger partial charge in [0.25, 0.3) is 0 Å². The number of rotatable bonds is 5. The summed E-state index contributed by atoms with van der Waals surface area (Å²) in [7, 11) is 0. The van der Waals surface area contributed by atoms with Crippen molar-refractivity contribution in [2.75, 3.05) is 13.3 Å². The van der Waals surface area contributed by atoms with E-state index in [0.717, 1.165) is 48.6 Å². The van der Waals surface area contributed by atoms with E-state index in [4.69, 9.17) is 9.47 Å². The van der Waals surface area contributed by atoms with Crippen LogP contribution in [0.2, 0.25) is 0 Å². The number of benzene rings is 2. The highest BCUT2D eigenvalue weighted by Gasteiger charge is 2.55. The van der Waals surface area contributed by atoms with Gasteiger partial charge in [-0.25, -0.2) is 0 Å². The second-order valence-corrected chi connectivity index (χ2v) is 6.60. The highest BCUT2D eigenvalue weighted by Crippen LogP contribution is 2.42. The van der Waals surface area contributed by atoms with Crippen molar-refractivity contribution >= 4 is 12.0 Å². The molecule has 5 nitrogen and oxygen atoms in total. The van der Waals surface area contributed by atoms with Crippen LogP contribution >= 0.6 is 0 Å². The van der Waals surface area contributed by atoms with Crippen molar-refractivity contribution < 1.29 is 45.7 Å².